The van der Waals surface area contributed by atoms with E-state index >= 15 is 0 Å². The molecule has 0 bridgehead atoms. The molecule has 0 unspecified atom stereocenters. The molecule has 3 heteroatoms. The molecule has 0 saturated carbocycles. The van der Waals surface area contributed by atoms with Crippen molar-refractivity contribution in [3.63, 3.8) is 0 Å². The second-order valence-electron chi connectivity index (χ2n) is 9.59. The molecule has 3 nitrogen and oxygen atoms in total. The number of hydrogen-bond donors (Lipinski definition) is 2. The number of rotatable bonds is 20. The molecule has 0 heterocycles. The number of nitrogens with one attached hydrogen (secondary N) is 2. The fourth-order valence-corrected chi connectivity index (χ4v) is 4.36. The molecule has 0 aliphatic rings. The molecule has 188 valence electrons. The van der Waals surface area contributed by atoms with Gasteiger partial charge in [-0.15, -0.1) is 0 Å². The van der Waals surface area contributed by atoms with Crippen LogP contribution in [-0.2, 0) is 6.42 Å². The Morgan fingerprint density at radius 2 is 1.15 bits per heavy atom. The molecule has 34 heavy (non-hydrogen) atoms. The van der Waals surface area contributed by atoms with Gasteiger partial charge in [-0.2, -0.15) is 0 Å². The van der Waals surface area contributed by atoms with Crippen LogP contribution in [-0.4, -0.2) is 19.0 Å². The Balaban J connectivity index is 1.42. The van der Waals surface area contributed by atoms with Crippen molar-refractivity contribution >= 4 is 11.6 Å². The van der Waals surface area contributed by atoms with Gasteiger partial charge in [-0.1, -0.05) is 121 Å². The molecule has 0 radical (unpaired) electrons. The highest BCUT2D eigenvalue weighted by molar-refractivity contribution is 5.94. The van der Waals surface area contributed by atoms with E-state index in [0.717, 1.165) is 24.2 Å². The average Bonchev–Trinajstić information content (AvgIpc) is 2.87. The minimum Gasteiger partial charge on any atom is -0.385 e. The van der Waals surface area contributed by atoms with E-state index in [4.69, 9.17) is 0 Å². The van der Waals surface area contributed by atoms with Crippen LogP contribution in [0, 0.1) is 0 Å². The van der Waals surface area contributed by atoms with Crippen LogP contribution in [0.15, 0.2) is 54.6 Å². The summed E-state index contributed by atoms with van der Waals surface area (Å²) in [4.78, 5) is 12.3. The van der Waals surface area contributed by atoms with Crippen LogP contribution >= 0.6 is 0 Å². The molecule has 2 aromatic carbocycles. The summed E-state index contributed by atoms with van der Waals surface area (Å²) in [7, 11) is 0. The van der Waals surface area contributed by atoms with E-state index in [2.05, 4.69) is 29.7 Å². The topological polar surface area (TPSA) is 41.1 Å². The number of benzene rings is 2. The molecule has 2 rings (SSSR count). The maximum atomic E-state index is 12.3. The van der Waals surface area contributed by atoms with E-state index in [-0.39, 0.29) is 5.91 Å². The van der Waals surface area contributed by atoms with Gasteiger partial charge in [0.05, 0.1) is 0 Å². The van der Waals surface area contributed by atoms with Crippen LogP contribution in [0.1, 0.15) is 113 Å². The minimum atomic E-state index is -0.00513. The summed E-state index contributed by atoms with van der Waals surface area (Å²) in [6.07, 6.45) is 20.3. The summed E-state index contributed by atoms with van der Waals surface area (Å²) in [5.41, 5.74) is 3.05. The molecule has 0 aromatic heterocycles. The van der Waals surface area contributed by atoms with Gasteiger partial charge in [0.2, 0.25) is 0 Å². The van der Waals surface area contributed by atoms with Gasteiger partial charge in [-0.25, -0.2) is 0 Å². The fourth-order valence-electron chi connectivity index (χ4n) is 4.36. The Hall–Kier alpha value is -2.29. The molecular weight excluding hydrogens is 416 g/mol. The van der Waals surface area contributed by atoms with E-state index in [0.29, 0.717) is 6.54 Å². The van der Waals surface area contributed by atoms with E-state index in [1.807, 2.05) is 42.5 Å². The van der Waals surface area contributed by atoms with Gasteiger partial charge in [0.25, 0.3) is 5.91 Å². The Kier molecular flexibility index (Phi) is 15.7. The molecule has 0 fully saturated rings. The Morgan fingerprint density at radius 3 is 1.71 bits per heavy atom. The molecule has 2 aromatic rings. The van der Waals surface area contributed by atoms with Crippen molar-refractivity contribution in [2.24, 2.45) is 0 Å². The van der Waals surface area contributed by atoms with Crippen molar-refractivity contribution in [2.75, 3.05) is 18.4 Å². The van der Waals surface area contributed by atoms with E-state index in [1.165, 1.54) is 95.5 Å². The summed E-state index contributed by atoms with van der Waals surface area (Å²) in [5.74, 6) is -0.00513. The zero-order chi connectivity index (χ0) is 24.1. The molecule has 0 atom stereocenters. The van der Waals surface area contributed by atoms with Crippen molar-refractivity contribution < 1.29 is 4.79 Å². The molecule has 0 aliphatic heterocycles. The molecule has 0 saturated heterocycles. The highest BCUT2D eigenvalue weighted by Gasteiger charge is 2.05. The lowest BCUT2D eigenvalue weighted by molar-refractivity contribution is 0.0954. The van der Waals surface area contributed by atoms with Crippen molar-refractivity contribution in [3.05, 3.63) is 65.7 Å². The zero-order valence-corrected chi connectivity index (χ0v) is 21.6. The number of anilines is 1. The Labute approximate surface area is 209 Å². The van der Waals surface area contributed by atoms with Gasteiger partial charge in [0.15, 0.2) is 0 Å². The van der Waals surface area contributed by atoms with E-state index in [1.54, 1.807) is 0 Å². The van der Waals surface area contributed by atoms with Crippen LogP contribution in [0.3, 0.4) is 0 Å². The average molecular weight is 465 g/mol. The monoisotopic (exact) mass is 464 g/mol. The first kappa shape index (κ1) is 28.0. The number of carbonyl (C=O) groups is 1. The number of hydrogen-bond acceptors (Lipinski definition) is 2. The van der Waals surface area contributed by atoms with Crippen LogP contribution in [0.25, 0.3) is 0 Å². The third-order valence-electron chi connectivity index (χ3n) is 6.55. The van der Waals surface area contributed by atoms with Crippen molar-refractivity contribution in [1.82, 2.24) is 5.32 Å². The summed E-state index contributed by atoms with van der Waals surface area (Å²) < 4.78 is 0. The molecule has 0 aliphatic carbocycles. The van der Waals surface area contributed by atoms with Gasteiger partial charge in [-0.3, -0.25) is 4.79 Å². The van der Waals surface area contributed by atoms with Crippen molar-refractivity contribution in [3.8, 4) is 0 Å². The first-order chi connectivity index (χ1) is 16.8. The normalized spacial score (nSPS) is 10.9. The highest BCUT2D eigenvalue weighted by Crippen LogP contribution is 2.14. The predicted octanol–water partition coefficient (Wildman–Crippen LogP) is 8.55. The molecule has 2 N–H and O–H groups in total. The van der Waals surface area contributed by atoms with Crippen molar-refractivity contribution in [2.45, 2.75) is 103 Å². The maximum absolute atomic E-state index is 12.3. The SMILES string of the molecule is CCCCCCCCCCCCCCCCNc1ccc(C(=O)NCCc2ccccc2)cc1. The third kappa shape index (κ3) is 13.4. The Bertz CT molecular complexity index is 742. The highest BCUT2D eigenvalue weighted by atomic mass is 16.1. The number of amides is 1. The fraction of sp³-hybridized carbons (Fsp3) is 0.581. The second-order valence-corrected chi connectivity index (χ2v) is 9.59. The number of unbranched alkanes of at least 4 members (excludes halogenated alkanes) is 13. The third-order valence-corrected chi connectivity index (χ3v) is 6.55. The van der Waals surface area contributed by atoms with Crippen LogP contribution in [0.5, 0.6) is 0 Å². The summed E-state index contributed by atoms with van der Waals surface area (Å²) in [6, 6.07) is 18.1. The lowest BCUT2D eigenvalue weighted by Gasteiger charge is -2.09. The first-order valence-electron chi connectivity index (χ1n) is 14.0. The van der Waals surface area contributed by atoms with Crippen molar-refractivity contribution in [1.29, 1.82) is 0 Å². The van der Waals surface area contributed by atoms with Gasteiger partial charge in [0.1, 0.15) is 0 Å². The van der Waals surface area contributed by atoms with Gasteiger partial charge in [0, 0.05) is 24.3 Å². The molecular formula is C31H48N2O. The lowest BCUT2D eigenvalue weighted by atomic mass is 10.0. The summed E-state index contributed by atoms with van der Waals surface area (Å²) in [6.45, 7) is 3.94. The van der Waals surface area contributed by atoms with Crippen LogP contribution in [0.4, 0.5) is 5.69 Å². The molecule has 1 amide bonds. The minimum absolute atomic E-state index is 0.00513. The van der Waals surface area contributed by atoms with E-state index < -0.39 is 0 Å². The largest absolute Gasteiger partial charge is 0.385 e. The smallest absolute Gasteiger partial charge is 0.251 e. The predicted molar refractivity (Wildman–Crippen MR) is 148 cm³/mol. The summed E-state index contributed by atoms with van der Waals surface area (Å²) in [5, 5.41) is 6.49. The van der Waals surface area contributed by atoms with E-state index in [9.17, 15) is 4.79 Å². The standard InChI is InChI=1S/C31H48N2O/c1-2-3-4-5-6-7-8-9-10-11-12-13-14-18-26-32-30-23-21-29(22-24-30)31(34)33-27-25-28-19-16-15-17-20-28/h15-17,19-24,32H,2-14,18,25-27H2,1H3,(H,33,34). The molecule has 0 spiro atoms. The lowest BCUT2D eigenvalue weighted by Crippen LogP contribution is -2.25. The van der Waals surface area contributed by atoms with Crippen LogP contribution < -0.4 is 10.6 Å². The Morgan fingerprint density at radius 1 is 0.618 bits per heavy atom. The summed E-state index contributed by atoms with van der Waals surface area (Å²) >= 11 is 0. The number of carbonyl (C=O) groups excluding carboxylic acids is 1. The van der Waals surface area contributed by atoms with Gasteiger partial charge in [-0.05, 0) is 42.7 Å². The van der Waals surface area contributed by atoms with Gasteiger partial charge >= 0.3 is 0 Å². The second kappa shape index (κ2) is 19.1. The van der Waals surface area contributed by atoms with Crippen LogP contribution in [0.2, 0.25) is 0 Å². The first-order valence-corrected chi connectivity index (χ1v) is 14.0. The van der Waals surface area contributed by atoms with Gasteiger partial charge < -0.3 is 10.6 Å². The maximum Gasteiger partial charge on any atom is 0.251 e. The zero-order valence-electron chi connectivity index (χ0n) is 21.6. The quantitative estimate of drug-likeness (QED) is 0.193.